The average molecular weight is 391 g/mol. The molecular formula is C23H25N3O3. The summed E-state index contributed by atoms with van der Waals surface area (Å²) >= 11 is 0. The van der Waals surface area contributed by atoms with Gasteiger partial charge in [0.25, 0.3) is 5.91 Å². The van der Waals surface area contributed by atoms with Gasteiger partial charge in [-0.25, -0.2) is 4.98 Å². The number of ether oxygens (including phenoxy) is 2. The number of aromatic nitrogens is 2. The number of hydrogen-bond acceptors (Lipinski definition) is 4. The molecule has 0 spiro atoms. The maximum absolute atomic E-state index is 12.6. The molecule has 1 amide bonds. The highest BCUT2D eigenvalue weighted by molar-refractivity contribution is 5.94. The number of rotatable bonds is 7. The number of benzene rings is 2. The zero-order valence-corrected chi connectivity index (χ0v) is 16.5. The third-order valence-electron chi connectivity index (χ3n) is 5.12. The lowest BCUT2D eigenvalue weighted by Gasteiger charge is -2.15. The standard InChI is InChI=1S/C23H25N3O3/c1-17(18-4-8-20(9-5-18)26-13-12-24-16-26)25-23(27)19-6-10-21(11-7-19)29-15-22-3-2-14-28-22/h4-13,16-17,22H,2-3,14-15H2,1H3,(H,25,27)/t17-,22+/m0/s1. The van der Waals surface area contributed by atoms with Gasteiger partial charge in [-0.1, -0.05) is 12.1 Å². The molecule has 3 aromatic rings. The molecule has 4 rings (SSSR count). The molecule has 1 aromatic heterocycles. The van der Waals surface area contributed by atoms with Crippen molar-refractivity contribution in [3.05, 3.63) is 78.4 Å². The number of carbonyl (C=O) groups excluding carboxylic acids is 1. The Bertz CT molecular complexity index is 915. The maximum Gasteiger partial charge on any atom is 0.251 e. The zero-order valence-electron chi connectivity index (χ0n) is 16.5. The molecule has 2 aromatic carbocycles. The fraction of sp³-hybridized carbons (Fsp3) is 0.304. The smallest absolute Gasteiger partial charge is 0.251 e. The van der Waals surface area contributed by atoms with Crippen LogP contribution in [0.15, 0.2) is 67.3 Å². The Morgan fingerprint density at radius 3 is 2.69 bits per heavy atom. The van der Waals surface area contributed by atoms with Crippen LogP contribution in [0.2, 0.25) is 0 Å². The van der Waals surface area contributed by atoms with Crippen molar-refractivity contribution in [2.24, 2.45) is 0 Å². The molecule has 1 N–H and O–H groups in total. The summed E-state index contributed by atoms with van der Waals surface area (Å²) in [4.78, 5) is 16.6. The van der Waals surface area contributed by atoms with E-state index < -0.39 is 0 Å². The number of hydrogen-bond donors (Lipinski definition) is 1. The van der Waals surface area contributed by atoms with Crippen LogP contribution in [-0.4, -0.2) is 34.8 Å². The Balaban J connectivity index is 1.32. The second kappa shape index (κ2) is 8.92. The van der Waals surface area contributed by atoms with Crippen LogP contribution in [0.1, 0.15) is 41.7 Å². The molecule has 0 saturated carbocycles. The zero-order chi connectivity index (χ0) is 20.1. The van der Waals surface area contributed by atoms with Crippen molar-refractivity contribution in [1.82, 2.24) is 14.9 Å². The van der Waals surface area contributed by atoms with Crippen molar-refractivity contribution in [2.45, 2.75) is 31.9 Å². The van der Waals surface area contributed by atoms with Crippen molar-refractivity contribution in [2.75, 3.05) is 13.2 Å². The van der Waals surface area contributed by atoms with Crippen molar-refractivity contribution < 1.29 is 14.3 Å². The summed E-state index contributed by atoms with van der Waals surface area (Å²) in [6.45, 7) is 3.35. The Hall–Kier alpha value is -3.12. The van der Waals surface area contributed by atoms with E-state index in [1.165, 1.54) is 0 Å². The third kappa shape index (κ3) is 4.84. The highest BCUT2D eigenvalue weighted by atomic mass is 16.5. The van der Waals surface area contributed by atoms with E-state index in [0.29, 0.717) is 12.2 Å². The number of amides is 1. The van der Waals surface area contributed by atoms with Crippen LogP contribution in [-0.2, 0) is 4.74 Å². The molecule has 6 heteroatoms. The van der Waals surface area contributed by atoms with E-state index in [0.717, 1.165) is 36.4 Å². The number of nitrogens with one attached hydrogen (secondary N) is 1. The second-order valence-corrected chi connectivity index (χ2v) is 7.23. The van der Waals surface area contributed by atoms with Gasteiger partial charge in [0.15, 0.2) is 0 Å². The first kappa shape index (κ1) is 19.2. The van der Waals surface area contributed by atoms with E-state index in [1.54, 1.807) is 24.7 Å². The second-order valence-electron chi connectivity index (χ2n) is 7.23. The van der Waals surface area contributed by atoms with Crippen LogP contribution in [0.4, 0.5) is 0 Å². The fourth-order valence-electron chi connectivity index (χ4n) is 3.38. The van der Waals surface area contributed by atoms with Gasteiger partial charge in [0.2, 0.25) is 0 Å². The van der Waals surface area contributed by atoms with E-state index >= 15 is 0 Å². The summed E-state index contributed by atoms with van der Waals surface area (Å²) in [7, 11) is 0. The van der Waals surface area contributed by atoms with E-state index in [2.05, 4.69) is 10.3 Å². The molecule has 150 valence electrons. The highest BCUT2D eigenvalue weighted by Crippen LogP contribution is 2.19. The molecule has 29 heavy (non-hydrogen) atoms. The Morgan fingerprint density at radius 1 is 1.24 bits per heavy atom. The molecule has 6 nitrogen and oxygen atoms in total. The van der Waals surface area contributed by atoms with E-state index in [4.69, 9.17) is 9.47 Å². The lowest BCUT2D eigenvalue weighted by atomic mass is 10.1. The first-order valence-corrected chi connectivity index (χ1v) is 9.92. The highest BCUT2D eigenvalue weighted by Gasteiger charge is 2.16. The minimum Gasteiger partial charge on any atom is -0.491 e. The minimum absolute atomic E-state index is 0.102. The lowest BCUT2D eigenvalue weighted by Crippen LogP contribution is -2.26. The van der Waals surface area contributed by atoms with E-state index in [9.17, 15) is 4.79 Å². The van der Waals surface area contributed by atoms with Gasteiger partial charge in [-0.2, -0.15) is 0 Å². The van der Waals surface area contributed by atoms with Gasteiger partial charge in [0.05, 0.1) is 18.5 Å². The van der Waals surface area contributed by atoms with Gasteiger partial charge in [0, 0.05) is 30.3 Å². The third-order valence-corrected chi connectivity index (χ3v) is 5.12. The number of imidazole rings is 1. The molecule has 1 aliphatic rings. The topological polar surface area (TPSA) is 65.4 Å². The summed E-state index contributed by atoms with van der Waals surface area (Å²) in [5.74, 6) is 0.641. The predicted octanol–water partition coefficient (Wildman–Crippen LogP) is 3.92. The van der Waals surface area contributed by atoms with Crippen LogP contribution in [0, 0.1) is 0 Å². The summed E-state index contributed by atoms with van der Waals surface area (Å²) in [5.41, 5.74) is 2.68. The van der Waals surface area contributed by atoms with Gasteiger partial charge < -0.3 is 19.4 Å². The average Bonchev–Trinajstić information content (AvgIpc) is 3.47. The molecule has 1 fully saturated rings. The lowest BCUT2D eigenvalue weighted by molar-refractivity contribution is 0.0679. The molecule has 2 atom stereocenters. The van der Waals surface area contributed by atoms with Crippen molar-refractivity contribution in [1.29, 1.82) is 0 Å². The largest absolute Gasteiger partial charge is 0.491 e. The minimum atomic E-state index is -0.109. The van der Waals surface area contributed by atoms with Gasteiger partial charge >= 0.3 is 0 Å². The van der Waals surface area contributed by atoms with Gasteiger partial charge in [-0.15, -0.1) is 0 Å². The maximum atomic E-state index is 12.6. The van der Waals surface area contributed by atoms with Crippen LogP contribution < -0.4 is 10.1 Å². The van der Waals surface area contributed by atoms with Gasteiger partial charge in [-0.05, 0) is 61.7 Å². The Morgan fingerprint density at radius 2 is 2.03 bits per heavy atom. The van der Waals surface area contributed by atoms with E-state index in [1.807, 2.05) is 54.1 Å². The first-order valence-electron chi connectivity index (χ1n) is 9.92. The van der Waals surface area contributed by atoms with Crippen LogP contribution in [0.3, 0.4) is 0 Å². The Labute approximate surface area is 170 Å². The molecule has 0 aliphatic carbocycles. The summed E-state index contributed by atoms with van der Waals surface area (Å²) in [6, 6.07) is 15.2. The predicted molar refractivity (Wildman–Crippen MR) is 110 cm³/mol. The van der Waals surface area contributed by atoms with Crippen molar-refractivity contribution in [3.8, 4) is 11.4 Å². The molecule has 0 unspecified atom stereocenters. The fourth-order valence-corrected chi connectivity index (χ4v) is 3.38. The van der Waals surface area contributed by atoms with Crippen LogP contribution >= 0.6 is 0 Å². The summed E-state index contributed by atoms with van der Waals surface area (Å²) < 4.78 is 13.3. The van der Waals surface area contributed by atoms with Gasteiger partial charge in [-0.3, -0.25) is 4.79 Å². The van der Waals surface area contributed by atoms with Crippen molar-refractivity contribution in [3.63, 3.8) is 0 Å². The molecule has 1 saturated heterocycles. The van der Waals surface area contributed by atoms with Crippen LogP contribution in [0.5, 0.6) is 5.75 Å². The quantitative estimate of drug-likeness (QED) is 0.663. The molecule has 1 aliphatic heterocycles. The molecular weight excluding hydrogens is 366 g/mol. The molecule has 0 bridgehead atoms. The molecule has 0 radical (unpaired) electrons. The Kier molecular flexibility index (Phi) is 5.91. The number of nitrogens with zero attached hydrogens (tertiary/aromatic N) is 2. The first-order chi connectivity index (χ1) is 14.2. The molecule has 2 heterocycles. The van der Waals surface area contributed by atoms with Gasteiger partial charge in [0.1, 0.15) is 12.4 Å². The van der Waals surface area contributed by atoms with E-state index in [-0.39, 0.29) is 18.1 Å². The normalized spacial score (nSPS) is 17.1. The number of carbonyl (C=O) groups is 1. The summed E-state index contributed by atoms with van der Waals surface area (Å²) in [5, 5.41) is 3.04. The van der Waals surface area contributed by atoms with Crippen LogP contribution in [0.25, 0.3) is 5.69 Å². The summed E-state index contributed by atoms with van der Waals surface area (Å²) in [6.07, 6.45) is 7.72. The van der Waals surface area contributed by atoms with Crippen molar-refractivity contribution >= 4 is 5.91 Å². The monoisotopic (exact) mass is 391 g/mol. The SMILES string of the molecule is C[C@H](NC(=O)c1ccc(OC[C@H]2CCCO2)cc1)c1ccc(-n2ccnc2)cc1.